The van der Waals surface area contributed by atoms with Gasteiger partial charge in [-0.1, -0.05) is 33.8 Å². The molecule has 0 fully saturated rings. The molecule has 0 bridgehead atoms. The Hall–Kier alpha value is -1.26. The largest absolute Gasteiger partial charge is 0.454 e. The standard InChI is InChI=1S/C16H25NO3/c1-11(2)16(3,4)9-17-8-13(18)12-5-6-14-15(7-12)20-10-19-14/h5-7,11,13,17-18H,8-10H2,1-4H3. The van der Waals surface area contributed by atoms with Crippen LogP contribution in [0.4, 0.5) is 0 Å². The van der Waals surface area contributed by atoms with E-state index in [2.05, 4.69) is 33.0 Å². The number of benzene rings is 1. The number of ether oxygens (including phenoxy) is 2. The Labute approximate surface area is 121 Å². The first-order valence-corrected chi connectivity index (χ1v) is 7.18. The van der Waals surface area contributed by atoms with Crippen molar-refractivity contribution in [3.63, 3.8) is 0 Å². The van der Waals surface area contributed by atoms with E-state index < -0.39 is 6.10 Å². The third-order valence-electron chi connectivity index (χ3n) is 4.26. The fraction of sp³-hybridized carbons (Fsp3) is 0.625. The molecule has 0 aliphatic carbocycles. The normalized spacial score (nSPS) is 15.7. The summed E-state index contributed by atoms with van der Waals surface area (Å²) >= 11 is 0. The lowest BCUT2D eigenvalue weighted by Gasteiger charge is -2.30. The molecule has 0 radical (unpaired) electrons. The van der Waals surface area contributed by atoms with Gasteiger partial charge in [0.1, 0.15) is 0 Å². The highest BCUT2D eigenvalue weighted by Crippen LogP contribution is 2.34. The topological polar surface area (TPSA) is 50.7 Å². The summed E-state index contributed by atoms with van der Waals surface area (Å²) in [4.78, 5) is 0. The van der Waals surface area contributed by atoms with Crippen LogP contribution in [0.5, 0.6) is 11.5 Å². The van der Waals surface area contributed by atoms with Crippen LogP contribution in [0.25, 0.3) is 0 Å². The first-order chi connectivity index (χ1) is 9.40. The summed E-state index contributed by atoms with van der Waals surface area (Å²) in [6.45, 7) is 10.6. The van der Waals surface area contributed by atoms with E-state index in [9.17, 15) is 5.11 Å². The zero-order valence-electron chi connectivity index (χ0n) is 12.8. The van der Waals surface area contributed by atoms with E-state index in [0.717, 1.165) is 17.9 Å². The second-order valence-electron chi connectivity index (χ2n) is 6.40. The average molecular weight is 279 g/mol. The van der Waals surface area contributed by atoms with Crippen molar-refractivity contribution in [3.05, 3.63) is 23.8 Å². The third-order valence-corrected chi connectivity index (χ3v) is 4.26. The molecule has 0 amide bonds. The number of nitrogens with one attached hydrogen (secondary N) is 1. The zero-order valence-corrected chi connectivity index (χ0v) is 12.8. The number of aliphatic hydroxyl groups is 1. The van der Waals surface area contributed by atoms with Gasteiger partial charge in [0.25, 0.3) is 0 Å². The Morgan fingerprint density at radius 3 is 2.65 bits per heavy atom. The molecule has 112 valence electrons. The summed E-state index contributed by atoms with van der Waals surface area (Å²) in [5.74, 6) is 2.05. The minimum absolute atomic E-state index is 0.217. The van der Waals surface area contributed by atoms with Crippen molar-refractivity contribution >= 4 is 0 Å². The molecule has 0 spiro atoms. The quantitative estimate of drug-likeness (QED) is 0.840. The molecule has 20 heavy (non-hydrogen) atoms. The Morgan fingerprint density at radius 2 is 1.95 bits per heavy atom. The van der Waals surface area contributed by atoms with Crippen molar-refractivity contribution in [1.82, 2.24) is 5.32 Å². The summed E-state index contributed by atoms with van der Waals surface area (Å²) in [6.07, 6.45) is -0.535. The van der Waals surface area contributed by atoms with Gasteiger partial charge in [0.2, 0.25) is 6.79 Å². The van der Waals surface area contributed by atoms with Gasteiger partial charge in [-0.15, -0.1) is 0 Å². The molecule has 1 aliphatic rings. The zero-order chi connectivity index (χ0) is 14.8. The van der Waals surface area contributed by atoms with Crippen LogP contribution >= 0.6 is 0 Å². The van der Waals surface area contributed by atoms with Crippen molar-refractivity contribution in [2.24, 2.45) is 11.3 Å². The van der Waals surface area contributed by atoms with E-state index in [4.69, 9.17) is 9.47 Å². The summed E-state index contributed by atoms with van der Waals surface area (Å²) in [5.41, 5.74) is 1.07. The van der Waals surface area contributed by atoms with Gasteiger partial charge >= 0.3 is 0 Å². The summed E-state index contributed by atoms with van der Waals surface area (Å²) in [7, 11) is 0. The van der Waals surface area contributed by atoms with Crippen LogP contribution in [0.15, 0.2) is 18.2 Å². The molecule has 4 heteroatoms. The highest BCUT2D eigenvalue weighted by molar-refractivity contribution is 5.45. The van der Waals surface area contributed by atoms with Crippen LogP contribution in [0.3, 0.4) is 0 Å². The minimum Gasteiger partial charge on any atom is -0.454 e. The maximum atomic E-state index is 10.2. The van der Waals surface area contributed by atoms with Crippen LogP contribution in [-0.4, -0.2) is 25.0 Å². The SMILES string of the molecule is CC(C)C(C)(C)CNCC(O)c1ccc2c(c1)OCO2. The summed E-state index contributed by atoms with van der Waals surface area (Å²) in [6, 6.07) is 5.58. The molecule has 0 saturated heterocycles. The molecule has 2 N–H and O–H groups in total. The van der Waals surface area contributed by atoms with Gasteiger partial charge in [-0.05, 0) is 29.0 Å². The van der Waals surface area contributed by atoms with Crippen LogP contribution in [-0.2, 0) is 0 Å². The fourth-order valence-electron chi connectivity index (χ4n) is 1.97. The molecule has 4 nitrogen and oxygen atoms in total. The van der Waals surface area contributed by atoms with Gasteiger partial charge in [-0.2, -0.15) is 0 Å². The molecule has 0 aromatic heterocycles. The lowest BCUT2D eigenvalue weighted by Crippen LogP contribution is -2.35. The second-order valence-corrected chi connectivity index (χ2v) is 6.40. The van der Waals surface area contributed by atoms with Crippen molar-refractivity contribution in [2.45, 2.75) is 33.8 Å². The van der Waals surface area contributed by atoms with Crippen LogP contribution in [0.2, 0.25) is 0 Å². The molecular weight excluding hydrogens is 254 g/mol. The maximum absolute atomic E-state index is 10.2. The Morgan fingerprint density at radius 1 is 1.25 bits per heavy atom. The van der Waals surface area contributed by atoms with E-state index >= 15 is 0 Å². The molecule has 0 saturated carbocycles. The molecule has 1 aromatic carbocycles. The van der Waals surface area contributed by atoms with E-state index in [1.807, 2.05) is 18.2 Å². The number of rotatable bonds is 6. The molecule has 1 aliphatic heterocycles. The maximum Gasteiger partial charge on any atom is 0.231 e. The third kappa shape index (κ3) is 3.44. The molecule has 1 aromatic rings. The summed E-state index contributed by atoms with van der Waals surface area (Å²) in [5, 5.41) is 13.6. The highest BCUT2D eigenvalue weighted by Gasteiger charge is 2.22. The van der Waals surface area contributed by atoms with Gasteiger partial charge < -0.3 is 19.9 Å². The number of hydrogen-bond donors (Lipinski definition) is 2. The van der Waals surface area contributed by atoms with Gasteiger partial charge in [0.05, 0.1) is 6.10 Å². The minimum atomic E-state index is -0.535. The first-order valence-electron chi connectivity index (χ1n) is 7.18. The van der Waals surface area contributed by atoms with Gasteiger partial charge in [-0.3, -0.25) is 0 Å². The van der Waals surface area contributed by atoms with E-state index in [0.29, 0.717) is 18.2 Å². The Bertz CT molecular complexity index is 457. The molecule has 1 atom stereocenters. The molecule has 2 rings (SSSR count). The van der Waals surface area contributed by atoms with E-state index in [1.165, 1.54) is 0 Å². The van der Waals surface area contributed by atoms with Crippen molar-refractivity contribution in [2.75, 3.05) is 19.9 Å². The first kappa shape index (κ1) is 15.1. The van der Waals surface area contributed by atoms with Crippen molar-refractivity contribution in [1.29, 1.82) is 0 Å². The fourth-order valence-corrected chi connectivity index (χ4v) is 1.97. The number of fused-ring (bicyclic) bond motifs is 1. The second kappa shape index (κ2) is 6.02. The number of hydrogen-bond acceptors (Lipinski definition) is 4. The van der Waals surface area contributed by atoms with Crippen LogP contribution < -0.4 is 14.8 Å². The highest BCUT2D eigenvalue weighted by atomic mass is 16.7. The lowest BCUT2D eigenvalue weighted by atomic mass is 9.81. The Kier molecular flexibility index (Phi) is 4.55. The average Bonchev–Trinajstić information content (AvgIpc) is 2.85. The predicted molar refractivity (Wildman–Crippen MR) is 79.0 cm³/mol. The summed E-state index contributed by atoms with van der Waals surface area (Å²) < 4.78 is 10.6. The molecule has 1 unspecified atom stereocenters. The van der Waals surface area contributed by atoms with Crippen LogP contribution in [0.1, 0.15) is 39.4 Å². The molecule has 1 heterocycles. The van der Waals surface area contributed by atoms with Crippen molar-refractivity contribution < 1.29 is 14.6 Å². The predicted octanol–water partition coefficient (Wildman–Crippen LogP) is 2.72. The smallest absolute Gasteiger partial charge is 0.231 e. The molecular formula is C16H25NO3. The lowest BCUT2D eigenvalue weighted by molar-refractivity contribution is 0.159. The van der Waals surface area contributed by atoms with Gasteiger partial charge in [-0.25, -0.2) is 0 Å². The van der Waals surface area contributed by atoms with Gasteiger partial charge in [0.15, 0.2) is 11.5 Å². The van der Waals surface area contributed by atoms with E-state index in [-0.39, 0.29) is 12.2 Å². The van der Waals surface area contributed by atoms with Crippen LogP contribution in [0, 0.1) is 11.3 Å². The monoisotopic (exact) mass is 279 g/mol. The van der Waals surface area contributed by atoms with Gasteiger partial charge in [0, 0.05) is 13.1 Å². The van der Waals surface area contributed by atoms with Crippen molar-refractivity contribution in [3.8, 4) is 11.5 Å². The Balaban J connectivity index is 1.88. The number of aliphatic hydroxyl groups excluding tert-OH is 1. The van der Waals surface area contributed by atoms with E-state index in [1.54, 1.807) is 0 Å².